The Labute approximate surface area is 135 Å². The van der Waals surface area contributed by atoms with Crippen molar-refractivity contribution in [2.24, 2.45) is 5.73 Å². The molecule has 3 N–H and O–H groups in total. The fourth-order valence-electron chi connectivity index (χ4n) is 2.21. The van der Waals surface area contributed by atoms with Gasteiger partial charge in [-0.15, -0.1) is 12.4 Å². The molecule has 1 aliphatic rings. The van der Waals surface area contributed by atoms with Crippen molar-refractivity contribution in [2.45, 2.75) is 42.7 Å². The van der Waals surface area contributed by atoms with Crippen LogP contribution in [-0.4, -0.2) is 20.5 Å². The molecule has 20 heavy (non-hydrogen) atoms. The fraction of sp³-hybridized carbons (Fsp3) is 0.500. The van der Waals surface area contributed by atoms with E-state index in [4.69, 9.17) is 28.9 Å². The number of sulfonamides is 1. The van der Waals surface area contributed by atoms with Crippen LogP contribution in [0.4, 0.5) is 0 Å². The number of nitrogens with one attached hydrogen (secondary N) is 1. The van der Waals surface area contributed by atoms with E-state index in [2.05, 4.69) is 4.72 Å². The van der Waals surface area contributed by atoms with E-state index in [-0.39, 0.29) is 29.4 Å². The predicted octanol–water partition coefficient (Wildman–Crippen LogP) is 2.96. The molecule has 0 heterocycles. The van der Waals surface area contributed by atoms with Crippen LogP contribution in [0.3, 0.4) is 0 Å². The molecule has 1 aliphatic carbocycles. The van der Waals surface area contributed by atoms with Crippen molar-refractivity contribution in [3.05, 3.63) is 28.2 Å². The predicted molar refractivity (Wildman–Crippen MR) is 84.3 cm³/mol. The number of halogens is 3. The lowest BCUT2D eigenvalue weighted by Gasteiger charge is -2.26. The Bertz CT molecular complexity index is 538. The summed E-state index contributed by atoms with van der Waals surface area (Å²) in [5.74, 6) is 0. The van der Waals surface area contributed by atoms with Crippen molar-refractivity contribution < 1.29 is 8.42 Å². The van der Waals surface area contributed by atoms with E-state index in [1.807, 2.05) is 0 Å². The first-order valence-corrected chi connectivity index (χ1v) is 8.35. The highest BCUT2D eigenvalue weighted by Gasteiger charge is 2.24. The third kappa shape index (κ3) is 4.76. The normalized spacial score (nSPS) is 23.1. The van der Waals surface area contributed by atoms with Gasteiger partial charge in [0.05, 0.1) is 4.90 Å². The molecule has 0 unspecified atom stereocenters. The van der Waals surface area contributed by atoms with Crippen LogP contribution in [0, 0.1) is 0 Å². The van der Waals surface area contributed by atoms with Gasteiger partial charge in [0.25, 0.3) is 0 Å². The van der Waals surface area contributed by atoms with E-state index in [9.17, 15) is 8.42 Å². The zero-order chi connectivity index (χ0) is 14.0. The van der Waals surface area contributed by atoms with E-state index in [1.54, 1.807) is 0 Å². The summed E-state index contributed by atoms with van der Waals surface area (Å²) in [7, 11) is -3.58. The quantitative estimate of drug-likeness (QED) is 0.871. The first-order valence-electron chi connectivity index (χ1n) is 6.11. The lowest BCUT2D eigenvalue weighted by Crippen LogP contribution is -2.40. The average molecular weight is 360 g/mol. The minimum atomic E-state index is -3.58. The number of hydrogen-bond acceptors (Lipinski definition) is 3. The van der Waals surface area contributed by atoms with Crippen molar-refractivity contribution in [3.8, 4) is 0 Å². The summed E-state index contributed by atoms with van der Waals surface area (Å²) in [4.78, 5) is 0.0971. The molecule has 1 fully saturated rings. The van der Waals surface area contributed by atoms with Crippen LogP contribution in [0.1, 0.15) is 25.7 Å². The van der Waals surface area contributed by atoms with E-state index < -0.39 is 10.0 Å². The van der Waals surface area contributed by atoms with Crippen LogP contribution in [0.5, 0.6) is 0 Å². The van der Waals surface area contributed by atoms with Crippen molar-refractivity contribution in [2.75, 3.05) is 0 Å². The number of nitrogens with two attached hydrogens (primary N) is 1. The lowest BCUT2D eigenvalue weighted by molar-refractivity contribution is 0.373. The molecule has 0 radical (unpaired) electrons. The summed E-state index contributed by atoms with van der Waals surface area (Å²) in [6.07, 6.45) is 3.19. The van der Waals surface area contributed by atoms with Crippen LogP contribution in [0.15, 0.2) is 23.1 Å². The van der Waals surface area contributed by atoms with Gasteiger partial charge in [-0.05, 0) is 43.9 Å². The van der Waals surface area contributed by atoms with Crippen LogP contribution in [0.2, 0.25) is 10.0 Å². The highest BCUT2D eigenvalue weighted by Crippen LogP contribution is 2.24. The molecule has 1 saturated carbocycles. The Balaban J connectivity index is 0.00000200. The highest BCUT2D eigenvalue weighted by atomic mass is 35.5. The lowest BCUT2D eigenvalue weighted by atomic mass is 9.93. The SMILES string of the molecule is Cl.NC1CCC(NS(=O)(=O)c2cc(Cl)cc(Cl)c2)CC1. The molecule has 0 bridgehead atoms. The first kappa shape index (κ1) is 18.0. The van der Waals surface area contributed by atoms with Crippen molar-refractivity contribution in [1.29, 1.82) is 0 Å². The summed E-state index contributed by atoms with van der Waals surface area (Å²) in [6, 6.07) is 4.40. The molecule has 4 nitrogen and oxygen atoms in total. The van der Waals surface area contributed by atoms with E-state index in [1.165, 1.54) is 18.2 Å². The van der Waals surface area contributed by atoms with Gasteiger partial charge in [-0.1, -0.05) is 23.2 Å². The Hall–Kier alpha value is -0.0400. The maximum atomic E-state index is 12.2. The minimum Gasteiger partial charge on any atom is -0.328 e. The van der Waals surface area contributed by atoms with Gasteiger partial charge in [0, 0.05) is 22.1 Å². The molecule has 8 heteroatoms. The molecule has 0 aromatic heterocycles. The molecule has 0 saturated heterocycles. The largest absolute Gasteiger partial charge is 0.328 e. The second-order valence-electron chi connectivity index (χ2n) is 4.84. The minimum absolute atomic E-state index is 0. The van der Waals surface area contributed by atoms with Crippen LogP contribution >= 0.6 is 35.6 Å². The second kappa shape index (κ2) is 7.29. The molecule has 1 aromatic carbocycles. The van der Waals surface area contributed by atoms with Gasteiger partial charge in [0.1, 0.15) is 0 Å². The van der Waals surface area contributed by atoms with E-state index in [0.29, 0.717) is 10.0 Å². The topological polar surface area (TPSA) is 72.2 Å². The first-order chi connectivity index (χ1) is 8.87. The summed E-state index contributed by atoms with van der Waals surface area (Å²) in [5.41, 5.74) is 5.80. The molecule has 0 aliphatic heterocycles. The molecule has 0 spiro atoms. The zero-order valence-corrected chi connectivity index (χ0v) is 13.8. The van der Waals surface area contributed by atoms with Gasteiger partial charge < -0.3 is 5.73 Å². The van der Waals surface area contributed by atoms with Crippen molar-refractivity contribution in [1.82, 2.24) is 4.72 Å². The molecule has 114 valence electrons. The molecule has 0 atom stereocenters. The second-order valence-corrected chi connectivity index (χ2v) is 7.42. The van der Waals surface area contributed by atoms with Gasteiger partial charge in [-0.25, -0.2) is 13.1 Å². The number of benzene rings is 1. The standard InChI is InChI=1S/C12H16Cl2N2O2S.ClH/c13-8-5-9(14)7-12(6-8)19(17,18)16-11-3-1-10(15)2-4-11;/h5-7,10-11,16H,1-4,15H2;1H. The molecular formula is C12H17Cl3N2O2S. The van der Waals surface area contributed by atoms with Gasteiger partial charge in [-0.2, -0.15) is 0 Å². The highest BCUT2D eigenvalue weighted by molar-refractivity contribution is 7.89. The van der Waals surface area contributed by atoms with E-state index >= 15 is 0 Å². The van der Waals surface area contributed by atoms with E-state index in [0.717, 1.165) is 25.7 Å². The molecule has 1 aromatic rings. The Kier molecular flexibility index (Phi) is 6.57. The van der Waals surface area contributed by atoms with Gasteiger partial charge in [0.2, 0.25) is 10.0 Å². The maximum Gasteiger partial charge on any atom is 0.240 e. The summed E-state index contributed by atoms with van der Waals surface area (Å²) in [5, 5.41) is 0.608. The Morgan fingerprint density at radius 2 is 1.55 bits per heavy atom. The van der Waals surface area contributed by atoms with Crippen LogP contribution in [-0.2, 0) is 10.0 Å². The average Bonchev–Trinajstić information content (AvgIpc) is 2.31. The molecular weight excluding hydrogens is 343 g/mol. The van der Waals surface area contributed by atoms with Crippen LogP contribution < -0.4 is 10.5 Å². The zero-order valence-electron chi connectivity index (χ0n) is 10.7. The fourth-order valence-corrected chi connectivity index (χ4v) is 4.24. The van der Waals surface area contributed by atoms with Crippen molar-refractivity contribution >= 4 is 45.6 Å². The van der Waals surface area contributed by atoms with Gasteiger partial charge in [0.15, 0.2) is 0 Å². The third-order valence-electron chi connectivity index (χ3n) is 3.24. The number of rotatable bonds is 3. The summed E-state index contributed by atoms with van der Waals surface area (Å²) in [6.45, 7) is 0. The molecule has 2 rings (SSSR count). The third-order valence-corrected chi connectivity index (χ3v) is 5.18. The smallest absolute Gasteiger partial charge is 0.240 e. The van der Waals surface area contributed by atoms with Crippen LogP contribution in [0.25, 0.3) is 0 Å². The molecule has 0 amide bonds. The summed E-state index contributed by atoms with van der Waals surface area (Å²) < 4.78 is 27.1. The Morgan fingerprint density at radius 1 is 1.05 bits per heavy atom. The summed E-state index contributed by atoms with van der Waals surface area (Å²) >= 11 is 11.6. The monoisotopic (exact) mass is 358 g/mol. The van der Waals surface area contributed by atoms with Gasteiger partial charge >= 0.3 is 0 Å². The Morgan fingerprint density at radius 3 is 2.05 bits per heavy atom. The number of hydrogen-bond donors (Lipinski definition) is 2. The maximum absolute atomic E-state index is 12.2. The van der Waals surface area contributed by atoms with Gasteiger partial charge in [-0.3, -0.25) is 0 Å². The van der Waals surface area contributed by atoms with Crippen molar-refractivity contribution in [3.63, 3.8) is 0 Å².